The lowest BCUT2D eigenvalue weighted by atomic mass is 10.0. The number of benzene rings is 2. The van der Waals surface area contributed by atoms with Gasteiger partial charge in [-0.25, -0.2) is 0 Å². The molecule has 0 saturated carbocycles. The number of fused-ring (bicyclic) bond motifs is 1. The first kappa shape index (κ1) is 25.6. The van der Waals surface area contributed by atoms with Crippen LogP contribution in [0.15, 0.2) is 72.2 Å². The Labute approximate surface area is 203 Å². The fourth-order valence-corrected chi connectivity index (χ4v) is 4.48. The van der Waals surface area contributed by atoms with Crippen LogP contribution in [0.5, 0.6) is 0 Å². The van der Waals surface area contributed by atoms with E-state index in [1.807, 2.05) is 54.6 Å². The Morgan fingerprint density at radius 2 is 1.79 bits per heavy atom. The van der Waals surface area contributed by atoms with Crippen molar-refractivity contribution in [2.45, 2.75) is 44.9 Å². The van der Waals surface area contributed by atoms with Crippen molar-refractivity contribution in [3.8, 4) is 0 Å². The van der Waals surface area contributed by atoms with Gasteiger partial charge >= 0.3 is 0 Å². The van der Waals surface area contributed by atoms with Crippen LogP contribution in [-0.2, 0) is 14.0 Å². The Morgan fingerprint density at radius 1 is 1.15 bits per heavy atom. The predicted molar refractivity (Wildman–Crippen MR) is 141 cm³/mol. The summed E-state index contributed by atoms with van der Waals surface area (Å²) >= 11 is 0. The van der Waals surface area contributed by atoms with Crippen LogP contribution in [0.1, 0.15) is 31.9 Å². The van der Waals surface area contributed by atoms with Gasteiger partial charge in [0.25, 0.3) is 5.91 Å². The first-order valence-electron chi connectivity index (χ1n) is 11.6. The van der Waals surface area contributed by atoms with Gasteiger partial charge in [0.1, 0.15) is 6.54 Å². The maximum Gasteiger partial charge on any atom is 0.254 e. The van der Waals surface area contributed by atoms with Crippen molar-refractivity contribution >= 4 is 31.5 Å². The van der Waals surface area contributed by atoms with Crippen LogP contribution in [0, 0.1) is 0 Å². The third kappa shape index (κ3) is 5.71. The molecule has 3 rings (SSSR count). The summed E-state index contributed by atoms with van der Waals surface area (Å²) in [6.07, 6.45) is 1.61. The molecule has 0 saturated heterocycles. The summed E-state index contributed by atoms with van der Waals surface area (Å²) in [5.74, 6) is -0.499. The molecule has 1 N–H and O–H groups in total. The minimum Gasteiger partial charge on any atom is -0.414 e. The van der Waals surface area contributed by atoms with Gasteiger partial charge in [-0.05, 0) is 24.2 Å². The van der Waals surface area contributed by atoms with E-state index in [-0.39, 0.29) is 30.0 Å². The number of rotatable bonds is 8. The Kier molecular flexibility index (Phi) is 7.89. The van der Waals surface area contributed by atoms with Gasteiger partial charge in [-0.3, -0.25) is 14.6 Å². The van der Waals surface area contributed by atoms with E-state index >= 15 is 0 Å². The Hall–Kier alpha value is -3.03. The zero-order valence-corrected chi connectivity index (χ0v) is 21.8. The van der Waals surface area contributed by atoms with E-state index in [9.17, 15) is 9.59 Å². The largest absolute Gasteiger partial charge is 0.414 e. The summed E-state index contributed by atoms with van der Waals surface area (Å²) in [5, 5.41) is 2.77. The van der Waals surface area contributed by atoms with Crippen LogP contribution < -0.4 is 10.2 Å². The number of carbonyl (C=O) groups excluding carboxylic acids is 2. The molecule has 1 aliphatic rings. The lowest BCUT2D eigenvalue weighted by Gasteiger charge is -2.37. The molecule has 180 valence electrons. The number of aliphatic imine (C=N–C) groups is 1. The Balaban J connectivity index is 2.06. The second-order valence-electron chi connectivity index (χ2n) is 9.97. The zero-order chi connectivity index (χ0) is 24.9. The number of nitrogens with one attached hydrogen (secondary N) is 1. The van der Waals surface area contributed by atoms with Gasteiger partial charge in [0.2, 0.25) is 5.91 Å². The number of hydrogen-bond acceptors (Lipinski definition) is 4. The van der Waals surface area contributed by atoms with Crippen molar-refractivity contribution in [2.24, 2.45) is 4.99 Å². The summed E-state index contributed by atoms with van der Waals surface area (Å²) in [4.78, 5) is 32.9. The van der Waals surface area contributed by atoms with Crippen molar-refractivity contribution in [3.05, 3.63) is 78.4 Å². The Bertz CT molecular complexity index is 1070. The van der Waals surface area contributed by atoms with Crippen LogP contribution >= 0.6 is 0 Å². The minimum absolute atomic E-state index is 0.0000242. The molecule has 0 aromatic heterocycles. The number of carbonyl (C=O) groups is 2. The highest BCUT2D eigenvalue weighted by molar-refractivity contribution is 6.74. The van der Waals surface area contributed by atoms with Crippen LogP contribution in [-0.4, -0.2) is 51.6 Å². The number of para-hydroxylation sites is 1. The summed E-state index contributed by atoms with van der Waals surface area (Å²) in [6, 6.07) is 16.7. The fraction of sp³-hybridized carbons (Fsp3) is 0.370. The molecule has 2 aromatic carbocycles. The van der Waals surface area contributed by atoms with Gasteiger partial charge in [-0.15, -0.1) is 6.58 Å². The molecule has 0 fully saturated rings. The lowest BCUT2D eigenvalue weighted by molar-refractivity contribution is -0.124. The topological polar surface area (TPSA) is 71.0 Å². The fourth-order valence-electron chi connectivity index (χ4n) is 3.48. The highest BCUT2D eigenvalue weighted by Crippen LogP contribution is 2.37. The SMILES string of the molecule is C=CCNC(=O)CN1C(=O)[C@@H](CO[Si](C)(C)C(C)(C)C)N=C(c2ccccc2)c2ccccc21. The van der Waals surface area contributed by atoms with E-state index in [1.54, 1.807) is 6.08 Å². The zero-order valence-electron chi connectivity index (χ0n) is 20.8. The van der Waals surface area contributed by atoms with Crippen molar-refractivity contribution in [1.29, 1.82) is 0 Å². The lowest BCUT2D eigenvalue weighted by Crippen LogP contribution is -2.48. The molecular weight excluding hydrogens is 442 g/mol. The molecule has 0 aliphatic carbocycles. The highest BCUT2D eigenvalue weighted by Gasteiger charge is 2.40. The first-order valence-corrected chi connectivity index (χ1v) is 14.5. The van der Waals surface area contributed by atoms with Gasteiger partial charge in [0.05, 0.1) is 18.0 Å². The Morgan fingerprint density at radius 3 is 2.44 bits per heavy atom. The normalized spacial score (nSPS) is 16.4. The summed E-state index contributed by atoms with van der Waals surface area (Å²) in [7, 11) is -2.12. The third-order valence-electron chi connectivity index (χ3n) is 6.49. The summed E-state index contributed by atoms with van der Waals surface area (Å²) in [6.45, 7) is 14.9. The number of nitrogens with zero attached hydrogens (tertiary/aromatic N) is 2. The standard InChI is InChI=1S/C27H35N3O3Si/c1-7-17-28-24(31)18-30-23-16-12-11-15-21(23)25(20-13-9-8-10-14-20)29-22(26(30)32)19-33-34(5,6)27(2,3)4/h7-16,22H,1,17-19H2,2-6H3,(H,28,31)/t22-/m1/s1. The van der Waals surface area contributed by atoms with Crippen molar-refractivity contribution in [1.82, 2.24) is 5.32 Å². The van der Waals surface area contributed by atoms with Crippen LogP contribution in [0.4, 0.5) is 5.69 Å². The number of hydrogen-bond donors (Lipinski definition) is 1. The molecule has 1 heterocycles. The second-order valence-corrected chi connectivity index (χ2v) is 14.8. The van der Waals surface area contributed by atoms with Crippen molar-refractivity contribution in [2.75, 3.05) is 24.6 Å². The predicted octanol–water partition coefficient (Wildman–Crippen LogP) is 4.56. The van der Waals surface area contributed by atoms with Crippen molar-refractivity contribution < 1.29 is 14.0 Å². The average molecular weight is 478 g/mol. The molecule has 7 heteroatoms. The maximum atomic E-state index is 13.8. The van der Waals surface area contributed by atoms with E-state index < -0.39 is 14.4 Å². The van der Waals surface area contributed by atoms with Gasteiger partial charge in [-0.2, -0.15) is 0 Å². The second kappa shape index (κ2) is 10.5. The van der Waals surface area contributed by atoms with E-state index in [1.165, 1.54) is 4.90 Å². The smallest absolute Gasteiger partial charge is 0.254 e. The van der Waals surface area contributed by atoms with E-state index in [2.05, 4.69) is 45.8 Å². The number of benzodiazepines with no additional fused rings is 1. The van der Waals surface area contributed by atoms with Gasteiger partial charge in [0, 0.05) is 17.7 Å². The first-order chi connectivity index (χ1) is 16.0. The number of amides is 2. The quantitative estimate of drug-likeness (QED) is 0.447. The molecule has 0 spiro atoms. The van der Waals surface area contributed by atoms with E-state index in [4.69, 9.17) is 9.42 Å². The molecule has 0 radical (unpaired) electrons. The van der Waals surface area contributed by atoms with Gasteiger partial charge in [0.15, 0.2) is 14.4 Å². The highest BCUT2D eigenvalue weighted by atomic mass is 28.4. The molecule has 0 bridgehead atoms. The van der Waals surface area contributed by atoms with Crippen LogP contribution in [0.3, 0.4) is 0 Å². The van der Waals surface area contributed by atoms with Gasteiger partial charge in [-0.1, -0.05) is 75.4 Å². The molecule has 1 aliphatic heterocycles. The molecule has 0 unspecified atom stereocenters. The van der Waals surface area contributed by atoms with Crippen molar-refractivity contribution in [3.63, 3.8) is 0 Å². The molecule has 6 nitrogen and oxygen atoms in total. The maximum absolute atomic E-state index is 13.8. The summed E-state index contributed by atoms with van der Waals surface area (Å²) in [5.41, 5.74) is 3.12. The van der Waals surface area contributed by atoms with Gasteiger partial charge < -0.3 is 14.6 Å². The molecule has 2 aromatic rings. The monoisotopic (exact) mass is 477 g/mol. The van der Waals surface area contributed by atoms with Crippen LogP contribution in [0.2, 0.25) is 18.1 Å². The van der Waals surface area contributed by atoms with E-state index in [0.717, 1.165) is 16.8 Å². The molecular formula is C27H35N3O3Si. The average Bonchev–Trinajstić information content (AvgIpc) is 2.91. The molecule has 2 amide bonds. The molecule has 1 atom stereocenters. The van der Waals surface area contributed by atoms with E-state index in [0.29, 0.717) is 12.2 Å². The van der Waals surface area contributed by atoms with Crippen LogP contribution in [0.25, 0.3) is 0 Å². The third-order valence-corrected chi connectivity index (χ3v) is 11.0. The summed E-state index contributed by atoms with van der Waals surface area (Å²) < 4.78 is 6.43. The number of anilines is 1. The minimum atomic E-state index is -2.12. The molecule has 34 heavy (non-hydrogen) atoms.